The molecule has 3 aromatic rings. The second-order valence-electron chi connectivity index (χ2n) is 7.12. The van der Waals surface area contributed by atoms with Gasteiger partial charge >= 0.3 is 0 Å². The summed E-state index contributed by atoms with van der Waals surface area (Å²) >= 11 is 0. The van der Waals surface area contributed by atoms with Gasteiger partial charge in [0.25, 0.3) is 0 Å². The molecule has 0 aliphatic carbocycles. The minimum Gasteiger partial charge on any atom is -0.497 e. The Morgan fingerprint density at radius 2 is 2.07 bits per heavy atom. The predicted molar refractivity (Wildman–Crippen MR) is 109 cm³/mol. The van der Waals surface area contributed by atoms with Gasteiger partial charge in [0.1, 0.15) is 12.1 Å². The van der Waals surface area contributed by atoms with E-state index in [-0.39, 0.29) is 11.9 Å². The third-order valence-corrected chi connectivity index (χ3v) is 5.18. The number of benzene rings is 2. The van der Waals surface area contributed by atoms with Gasteiger partial charge in [-0.25, -0.2) is 4.68 Å². The van der Waals surface area contributed by atoms with Crippen LogP contribution < -0.4 is 10.1 Å². The first-order valence-electron chi connectivity index (χ1n) is 9.74. The first-order valence-corrected chi connectivity index (χ1v) is 9.74. The smallest absolute Gasteiger partial charge is 0.241 e. The lowest BCUT2D eigenvalue weighted by molar-refractivity contribution is -0.122. The number of carbonyl (C=O) groups is 1. The summed E-state index contributed by atoms with van der Waals surface area (Å²) in [5, 5.41) is 14.2. The zero-order chi connectivity index (χ0) is 20.1. The van der Waals surface area contributed by atoms with Gasteiger partial charge < -0.3 is 10.1 Å². The van der Waals surface area contributed by atoms with Gasteiger partial charge in [-0.3, -0.25) is 9.69 Å². The van der Waals surface area contributed by atoms with Crippen molar-refractivity contribution in [1.29, 1.82) is 0 Å². The molecule has 8 nitrogen and oxygen atoms in total. The summed E-state index contributed by atoms with van der Waals surface area (Å²) in [4.78, 5) is 15.2. The van der Waals surface area contributed by atoms with E-state index in [0.29, 0.717) is 0 Å². The van der Waals surface area contributed by atoms with E-state index in [1.807, 2.05) is 42.5 Å². The van der Waals surface area contributed by atoms with Crippen LogP contribution in [0.3, 0.4) is 0 Å². The Morgan fingerprint density at radius 1 is 1.21 bits per heavy atom. The lowest BCUT2D eigenvalue weighted by Crippen LogP contribution is -2.46. The number of tetrazole rings is 1. The van der Waals surface area contributed by atoms with E-state index >= 15 is 0 Å². The Kier molecular flexibility index (Phi) is 5.81. The number of likely N-dealkylation sites (tertiary alicyclic amines) is 1. The number of anilines is 1. The number of nitrogens with one attached hydrogen (secondary N) is 1. The lowest BCUT2D eigenvalue weighted by atomic mass is 10.00. The van der Waals surface area contributed by atoms with Crippen molar-refractivity contribution in [2.24, 2.45) is 0 Å². The van der Waals surface area contributed by atoms with Crippen LogP contribution in [0.5, 0.6) is 5.75 Å². The monoisotopic (exact) mass is 392 g/mol. The summed E-state index contributed by atoms with van der Waals surface area (Å²) in [7, 11) is 1.67. The van der Waals surface area contributed by atoms with Crippen LogP contribution in [0, 0.1) is 0 Å². The number of hydrogen-bond acceptors (Lipinski definition) is 6. The molecule has 1 aliphatic heterocycles. The van der Waals surface area contributed by atoms with Crippen molar-refractivity contribution in [1.82, 2.24) is 25.1 Å². The topological polar surface area (TPSA) is 85.2 Å². The van der Waals surface area contributed by atoms with Crippen LogP contribution in [0.4, 0.5) is 5.69 Å². The Hall–Kier alpha value is -3.26. The quantitative estimate of drug-likeness (QED) is 0.694. The third-order valence-electron chi connectivity index (χ3n) is 5.18. The molecular formula is C21H24N6O2. The summed E-state index contributed by atoms with van der Waals surface area (Å²) < 4.78 is 6.89. The maximum atomic E-state index is 13.0. The summed E-state index contributed by atoms with van der Waals surface area (Å²) in [6.07, 6.45) is 4.56. The van der Waals surface area contributed by atoms with Crippen molar-refractivity contribution in [3.05, 3.63) is 60.4 Å². The number of carbonyl (C=O) groups excluding carboxylic acids is 1. The predicted octanol–water partition coefficient (Wildman–Crippen LogP) is 2.66. The van der Waals surface area contributed by atoms with Crippen LogP contribution in [-0.2, 0) is 11.3 Å². The van der Waals surface area contributed by atoms with Crippen LogP contribution >= 0.6 is 0 Å². The number of methoxy groups -OCH3 is 1. The van der Waals surface area contributed by atoms with Gasteiger partial charge in [0.15, 0.2) is 0 Å². The highest BCUT2D eigenvalue weighted by molar-refractivity contribution is 5.95. The largest absolute Gasteiger partial charge is 0.497 e. The summed E-state index contributed by atoms with van der Waals surface area (Å²) in [6, 6.07) is 15.4. The minimum absolute atomic E-state index is 0.0303. The zero-order valence-electron chi connectivity index (χ0n) is 16.4. The molecular weight excluding hydrogens is 368 g/mol. The van der Waals surface area contributed by atoms with E-state index in [1.165, 1.54) is 6.33 Å². The van der Waals surface area contributed by atoms with Gasteiger partial charge in [-0.05, 0) is 71.8 Å². The molecule has 1 saturated heterocycles. The number of aromatic nitrogens is 4. The van der Waals surface area contributed by atoms with Gasteiger partial charge in [0.05, 0.1) is 18.8 Å². The zero-order valence-corrected chi connectivity index (χ0v) is 16.4. The number of piperidine rings is 1. The minimum atomic E-state index is -0.144. The molecule has 0 spiro atoms. The second-order valence-corrected chi connectivity index (χ2v) is 7.12. The molecule has 1 N–H and O–H groups in total. The van der Waals surface area contributed by atoms with Crippen molar-refractivity contribution in [2.75, 3.05) is 19.0 Å². The van der Waals surface area contributed by atoms with Crippen molar-refractivity contribution in [2.45, 2.75) is 31.8 Å². The van der Waals surface area contributed by atoms with E-state index < -0.39 is 0 Å². The van der Waals surface area contributed by atoms with Crippen molar-refractivity contribution >= 4 is 11.6 Å². The highest BCUT2D eigenvalue weighted by atomic mass is 16.5. The average Bonchev–Trinajstić information content (AvgIpc) is 3.30. The molecule has 8 heteroatoms. The van der Waals surface area contributed by atoms with Gasteiger partial charge in [0.2, 0.25) is 5.91 Å². The fourth-order valence-electron chi connectivity index (χ4n) is 3.69. The van der Waals surface area contributed by atoms with E-state index in [9.17, 15) is 4.79 Å². The number of amides is 1. The fourth-order valence-corrected chi connectivity index (χ4v) is 3.69. The first-order chi connectivity index (χ1) is 14.2. The second kappa shape index (κ2) is 8.83. The molecule has 0 bridgehead atoms. The van der Waals surface area contributed by atoms with E-state index in [0.717, 1.165) is 55.0 Å². The molecule has 2 heterocycles. The molecule has 1 aromatic heterocycles. The Morgan fingerprint density at radius 3 is 2.83 bits per heavy atom. The summed E-state index contributed by atoms with van der Waals surface area (Å²) in [6.45, 7) is 1.64. The number of ether oxygens (including phenoxy) is 1. The van der Waals surface area contributed by atoms with E-state index in [4.69, 9.17) is 4.74 Å². The van der Waals surface area contributed by atoms with Gasteiger partial charge in [0, 0.05) is 12.2 Å². The molecule has 150 valence electrons. The molecule has 4 rings (SSSR count). The van der Waals surface area contributed by atoms with Crippen molar-refractivity contribution < 1.29 is 9.53 Å². The van der Waals surface area contributed by atoms with Crippen LogP contribution in [0.1, 0.15) is 24.8 Å². The van der Waals surface area contributed by atoms with Crippen LogP contribution in [0.2, 0.25) is 0 Å². The molecule has 1 amide bonds. The first kappa shape index (κ1) is 19.1. The van der Waals surface area contributed by atoms with Gasteiger partial charge in [-0.2, -0.15) is 0 Å². The molecule has 0 saturated carbocycles. The number of nitrogens with zero attached hydrogens (tertiary/aromatic N) is 5. The molecule has 1 aliphatic rings. The summed E-state index contributed by atoms with van der Waals surface area (Å²) in [5.74, 6) is 0.867. The molecule has 29 heavy (non-hydrogen) atoms. The lowest BCUT2D eigenvalue weighted by Gasteiger charge is -2.34. The number of hydrogen-bond donors (Lipinski definition) is 1. The van der Waals surface area contributed by atoms with Gasteiger partial charge in [-0.15, -0.1) is 5.10 Å². The van der Waals surface area contributed by atoms with Crippen molar-refractivity contribution in [3.63, 3.8) is 0 Å². The molecule has 2 aromatic carbocycles. The Bertz CT molecular complexity index is 942. The maximum absolute atomic E-state index is 13.0. The van der Waals surface area contributed by atoms with Gasteiger partial charge in [-0.1, -0.05) is 18.6 Å². The highest BCUT2D eigenvalue weighted by Gasteiger charge is 2.28. The third kappa shape index (κ3) is 4.60. The average molecular weight is 392 g/mol. The summed E-state index contributed by atoms with van der Waals surface area (Å²) in [5.41, 5.74) is 2.75. The van der Waals surface area contributed by atoms with Crippen LogP contribution in [-0.4, -0.2) is 50.7 Å². The SMILES string of the molecule is COc1cccc(CN2CCCCC2C(=O)Nc2ccc(-n3cnnn3)cc2)c1. The van der Waals surface area contributed by atoms with E-state index in [2.05, 4.69) is 31.8 Å². The molecule has 1 unspecified atom stereocenters. The fraction of sp³-hybridized carbons (Fsp3) is 0.333. The molecule has 1 atom stereocenters. The van der Waals surface area contributed by atoms with E-state index in [1.54, 1.807) is 11.8 Å². The van der Waals surface area contributed by atoms with Crippen LogP contribution in [0.25, 0.3) is 5.69 Å². The normalized spacial score (nSPS) is 17.1. The van der Waals surface area contributed by atoms with Crippen LogP contribution in [0.15, 0.2) is 54.9 Å². The highest BCUT2D eigenvalue weighted by Crippen LogP contribution is 2.23. The number of rotatable bonds is 6. The standard InChI is InChI=1S/C21H24N6O2/c1-29-19-6-4-5-16(13-19)14-26-12-3-2-7-20(26)21(28)23-17-8-10-18(11-9-17)27-15-22-24-25-27/h4-6,8-11,13,15,20H,2-3,7,12,14H2,1H3,(H,23,28). The Balaban J connectivity index is 1.43. The maximum Gasteiger partial charge on any atom is 0.241 e. The molecule has 0 radical (unpaired) electrons. The van der Waals surface area contributed by atoms with Crippen molar-refractivity contribution in [3.8, 4) is 11.4 Å². The Labute approximate surface area is 169 Å². The molecule has 1 fully saturated rings.